The van der Waals surface area contributed by atoms with Gasteiger partial charge < -0.3 is 14.8 Å². The Labute approximate surface area is 144 Å². The van der Waals surface area contributed by atoms with E-state index in [0.29, 0.717) is 27.1 Å². The summed E-state index contributed by atoms with van der Waals surface area (Å²) in [5, 5.41) is 3.88. The van der Waals surface area contributed by atoms with Crippen molar-refractivity contribution in [3.63, 3.8) is 0 Å². The first-order chi connectivity index (χ1) is 11.0. The van der Waals surface area contributed by atoms with Crippen molar-refractivity contribution in [2.45, 2.75) is 0 Å². The molecule has 0 aliphatic rings. The topological polar surface area (TPSA) is 47.6 Å². The van der Waals surface area contributed by atoms with E-state index in [1.54, 1.807) is 49.7 Å². The van der Waals surface area contributed by atoms with Crippen LogP contribution < -0.4 is 14.8 Å². The predicted molar refractivity (Wildman–Crippen MR) is 93.1 cm³/mol. The molecule has 0 aromatic heterocycles. The van der Waals surface area contributed by atoms with Gasteiger partial charge in [-0.15, -0.1) is 0 Å². The van der Waals surface area contributed by atoms with Crippen LogP contribution in [-0.2, 0) is 0 Å². The van der Waals surface area contributed by atoms with Crippen molar-refractivity contribution in [3.8, 4) is 11.5 Å². The molecule has 0 bridgehead atoms. The van der Waals surface area contributed by atoms with Gasteiger partial charge in [0, 0.05) is 23.5 Å². The molecular weight excluding hydrogens is 337 g/mol. The molecule has 4 nitrogen and oxygen atoms in total. The van der Waals surface area contributed by atoms with E-state index in [4.69, 9.17) is 32.7 Å². The number of halogens is 2. The lowest BCUT2D eigenvalue weighted by atomic mass is 10.1. The minimum atomic E-state index is -0.168. The molecule has 0 fully saturated rings. The van der Waals surface area contributed by atoms with Crippen LogP contribution in [0.4, 0.5) is 5.69 Å². The molecule has 0 spiro atoms. The Kier molecular flexibility index (Phi) is 5.90. The maximum atomic E-state index is 12.2. The first kappa shape index (κ1) is 17.2. The molecule has 0 aliphatic carbocycles. The maximum Gasteiger partial charge on any atom is 0.187 e. The molecule has 0 radical (unpaired) electrons. The van der Waals surface area contributed by atoms with Gasteiger partial charge in [0.2, 0.25) is 0 Å². The summed E-state index contributed by atoms with van der Waals surface area (Å²) in [6.07, 6.45) is 2.96. The third kappa shape index (κ3) is 4.41. The van der Waals surface area contributed by atoms with Gasteiger partial charge in [-0.05, 0) is 36.4 Å². The van der Waals surface area contributed by atoms with E-state index >= 15 is 0 Å². The first-order valence-electron chi connectivity index (χ1n) is 6.69. The third-order valence-electron chi connectivity index (χ3n) is 3.07. The Hall–Kier alpha value is -2.17. The lowest BCUT2D eigenvalue weighted by Gasteiger charge is -2.08. The summed E-state index contributed by atoms with van der Waals surface area (Å²) in [6.45, 7) is 0. The average Bonchev–Trinajstić information content (AvgIpc) is 2.57. The molecule has 120 valence electrons. The number of allylic oxidation sites excluding steroid dienone is 1. The zero-order chi connectivity index (χ0) is 16.8. The van der Waals surface area contributed by atoms with Gasteiger partial charge in [-0.3, -0.25) is 4.79 Å². The van der Waals surface area contributed by atoms with Crippen LogP contribution in [0.5, 0.6) is 11.5 Å². The van der Waals surface area contributed by atoms with Crippen molar-refractivity contribution in [2.75, 3.05) is 19.5 Å². The Morgan fingerprint density at radius 3 is 2.39 bits per heavy atom. The van der Waals surface area contributed by atoms with E-state index in [1.165, 1.54) is 13.2 Å². The second-order valence-corrected chi connectivity index (χ2v) is 5.35. The second kappa shape index (κ2) is 7.90. The van der Waals surface area contributed by atoms with Crippen LogP contribution in [0.1, 0.15) is 10.4 Å². The largest absolute Gasteiger partial charge is 0.493 e. The van der Waals surface area contributed by atoms with Crippen LogP contribution in [-0.4, -0.2) is 20.0 Å². The fourth-order valence-corrected chi connectivity index (χ4v) is 2.18. The van der Waals surface area contributed by atoms with Gasteiger partial charge in [0.25, 0.3) is 0 Å². The van der Waals surface area contributed by atoms with Gasteiger partial charge in [0.05, 0.1) is 24.3 Å². The molecule has 0 unspecified atom stereocenters. The standard InChI is InChI=1S/C17H15Cl2NO3/c1-22-16-6-3-11(9-17(16)23-2)15(21)7-8-20-12-4-5-13(18)14(19)10-12/h3-10,20H,1-2H3/b8-7-. The number of hydrogen-bond acceptors (Lipinski definition) is 4. The number of hydrogen-bond donors (Lipinski definition) is 1. The highest BCUT2D eigenvalue weighted by Crippen LogP contribution is 2.28. The van der Waals surface area contributed by atoms with Crippen molar-refractivity contribution < 1.29 is 14.3 Å². The van der Waals surface area contributed by atoms with Gasteiger partial charge in [-0.25, -0.2) is 0 Å². The quantitative estimate of drug-likeness (QED) is 0.598. The summed E-state index contributed by atoms with van der Waals surface area (Å²) in [7, 11) is 3.06. The number of methoxy groups -OCH3 is 2. The number of carbonyl (C=O) groups is 1. The number of rotatable bonds is 6. The molecule has 0 heterocycles. The van der Waals surface area contributed by atoms with Crippen molar-refractivity contribution in [2.24, 2.45) is 0 Å². The number of benzene rings is 2. The summed E-state index contributed by atoms with van der Waals surface area (Å²) in [4.78, 5) is 12.2. The lowest BCUT2D eigenvalue weighted by molar-refractivity contribution is 0.104. The summed E-state index contributed by atoms with van der Waals surface area (Å²) in [6, 6.07) is 10.1. The van der Waals surface area contributed by atoms with Gasteiger partial charge in [0.1, 0.15) is 0 Å². The Morgan fingerprint density at radius 2 is 1.74 bits per heavy atom. The van der Waals surface area contributed by atoms with E-state index < -0.39 is 0 Å². The number of ether oxygens (including phenoxy) is 2. The van der Waals surface area contributed by atoms with E-state index in [-0.39, 0.29) is 5.78 Å². The van der Waals surface area contributed by atoms with E-state index in [0.717, 1.165) is 5.69 Å². The van der Waals surface area contributed by atoms with Crippen molar-refractivity contribution in [1.82, 2.24) is 0 Å². The Bertz CT molecular complexity index is 745. The minimum Gasteiger partial charge on any atom is -0.493 e. The summed E-state index contributed by atoms with van der Waals surface area (Å²) < 4.78 is 10.3. The van der Waals surface area contributed by atoms with Gasteiger partial charge >= 0.3 is 0 Å². The van der Waals surface area contributed by atoms with Crippen molar-refractivity contribution >= 4 is 34.7 Å². The Morgan fingerprint density at radius 1 is 1.00 bits per heavy atom. The molecule has 0 aliphatic heterocycles. The van der Waals surface area contributed by atoms with Gasteiger partial charge in [-0.2, -0.15) is 0 Å². The zero-order valence-corrected chi connectivity index (χ0v) is 14.1. The van der Waals surface area contributed by atoms with Crippen molar-refractivity contribution in [3.05, 3.63) is 64.3 Å². The summed E-state index contributed by atoms with van der Waals surface area (Å²) >= 11 is 11.8. The maximum absolute atomic E-state index is 12.2. The normalized spacial score (nSPS) is 10.6. The fourth-order valence-electron chi connectivity index (χ4n) is 1.89. The fraction of sp³-hybridized carbons (Fsp3) is 0.118. The highest BCUT2D eigenvalue weighted by atomic mass is 35.5. The highest BCUT2D eigenvalue weighted by molar-refractivity contribution is 6.42. The van der Waals surface area contributed by atoms with Crippen LogP contribution in [0.3, 0.4) is 0 Å². The van der Waals surface area contributed by atoms with Crippen LogP contribution >= 0.6 is 23.2 Å². The molecular formula is C17H15Cl2NO3. The van der Waals surface area contributed by atoms with Crippen LogP contribution in [0.25, 0.3) is 0 Å². The van der Waals surface area contributed by atoms with E-state index in [2.05, 4.69) is 5.32 Å². The second-order valence-electron chi connectivity index (χ2n) is 4.54. The Balaban J connectivity index is 2.07. The third-order valence-corrected chi connectivity index (χ3v) is 3.81. The molecule has 2 aromatic rings. The number of ketones is 1. The molecule has 23 heavy (non-hydrogen) atoms. The SMILES string of the molecule is COc1ccc(C(=O)/C=C\Nc2ccc(Cl)c(Cl)c2)cc1OC. The summed E-state index contributed by atoms with van der Waals surface area (Å²) in [5.74, 6) is 0.907. The van der Waals surface area contributed by atoms with Crippen LogP contribution in [0.15, 0.2) is 48.7 Å². The first-order valence-corrected chi connectivity index (χ1v) is 7.45. The van der Waals surface area contributed by atoms with E-state index in [1.807, 2.05) is 0 Å². The molecule has 0 saturated heterocycles. The van der Waals surface area contributed by atoms with Crippen LogP contribution in [0, 0.1) is 0 Å². The van der Waals surface area contributed by atoms with Crippen molar-refractivity contribution in [1.29, 1.82) is 0 Å². The molecule has 0 saturated carbocycles. The van der Waals surface area contributed by atoms with Gasteiger partial charge in [-0.1, -0.05) is 23.2 Å². The number of anilines is 1. The molecule has 1 N–H and O–H groups in total. The minimum absolute atomic E-state index is 0.168. The number of carbonyl (C=O) groups excluding carboxylic acids is 1. The molecule has 2 rings (SSSR count). The highest BCUT2D eigenvalue weighted by Gasteiger charge is 2.08. The average molecular weight is 352 g/mol. The predicted octanol–water partition coefficient (Wildman–Crippen LogP) is 4.82. The molecule has 0 atom stereocenters. The lowest BCUT2D eigenvalue weighted by Crippen LogP contribution is -1.98. The monoisotopic (exact) mass is 351 g/mol. The molecule has 2 aromatic carbocycles. The molecule has 6 heteroatoms. The van der Waals surface area contributed by atoms with Crippen LogP contribution in [0.2, 0.25) is 10.0 Å². The van der Waals surface area contributed by atoms with E-state index in [9.17, 15) is 4.79 Å². The molecule has 0 amide bonds. The summed E-state index contributed by atoms with van der Waals surface area (Å²) in [5.41, 5.74) is 1.23. The smallest absolute Gasteiger partial charge is 0.187 e. The number of nitrogens with one attached hydrogen (secondary N) is 1. The van der Waals surface area contributed by atoms with Gasteiger partial charge in [0.15, 0.2) is 17.3 Å². The zero-order valence-electron chi connectivity index (χ0n) is 12.6.